The van der Waals surface area contributed by atoms with Gasteiger partial charge in [-0.2, -0.15) is 0 Å². The highest BCUT2D eigenvalue weighted by Gasteiger charge is 2.21. The van der Waals surface area contributed by atoms with Crippen molar-refractivity contribution in [2.75, 3.05) is 6.61 Å². The Labute approximate surface area is 119 Å². The molecular formula is C18H18O2. The Morgan fingerprint density at radius 1 is 1.10 bits per heavy atom. The smallest absolute Gasteiger partial charge is 0.305 e. The molecular weight excluding hydrogens is 248 g/mol. The first-order valence-electron chi connectivity index (χ1n) is 7.05. The number of benzene rings is 2. The normalized spacial score (nSPS) is 18.6. The summed E-state index contributed by atoms with van der Waals surface area (Å²) in [5.74, 6) is 0.257. The highest BCUT2D eigenvalue weighted by Crippen LogP contribution is 2.31. The Balaban J connectivity index is 1.93. The summed E-state index contributed by atoms with van der Waals surface area (Å²) >= 11 is 0. The van der Waals surface area contributed by atoms with Gasteiger partial charge >= 0.3 is 5.97 Å². The maximum absolute atomic E-state index is 11.2. The van der Waals surface area contributed by atoms with Crippen LogP contribution in [0.25, 0.3) is 11.1 Å². The summed E-state index contributed by atoms with van der Waals surface area (Å²) in [5, 5.41) is 0. The van der Waals surface area contributed by atoms with Crippen molar-refractivity contribution in [3.05, 3.63) is 59.7 Å². The summed E-state index contributed by atoms with van der Waals surface area (Å²) in [7, 11) is 0. The molecule has 0 aromatic heterocycles. The van der Waals surface area contributed by atoms with Crippen LogP contribution in [0.1, 0.15) is 29.9 Å². The van der Waals surface area contributed by atoms with E-state index < -0.39 is 0 Å². The van der Waals surface area contributed by atoms with Crippen molar-refractivity contribution in [2.24, 2.45) is 0 Å². The first kappa shape index (κ1) is 12.9. The number of carbonyl (C=O) groups is 1. The van der Waals surface area contributed by atoms with E-state index in [2.05, 4.69) is 49.4 Å². The van der Waals surface area contributed by atoms with Gasteiger partial charge in [0.05, 0.1) is 6.61 Å². The molecule has 1 saturated heterocycles. The van der Waals surface area contributed by atoms with Crippen molar-refractivity contribution < 1.29 is 9.53 Å². The molecule has 1 heterocycles. The second-order valence-electron chi connectivity index (χ2n) is 5.36. The monoisotopic (exact) mass is 266 g/mol. The van der Waals surface area contributed by atoms with Crippen LogP contribution in [-0.2, 0) is 9.53 Å². The van der Waals surface area contributed by atoms with Crippen molar-refractivity contribution >= 4 is 5.97 Å². The minimum atomic E-state index is -0.0726. The molecule has 0 saturated carbocycles. The first-order valence-corrected chi connectivity index (χ1v) is 7.05. The Kier molecular flexibility index (Phi) is 3.55. The summed E-state index contributed by atoms with van der Waals surface area (Å²) in [6.07, 6.45) is 1.41. The first-order chi connectivity index (χ1) is 9.74. The van der Waals surface area contributed by atoms with Gasteiger partial charge in [-0.3, -0.25) is 4.79 Å². The number of cyclic esters (lactones) is 1. The van der Waals surface area contributed by atoms with Gasteiger partial charge in [0.25, 0.3) is 0 Å². The van der Waals surface area contributed by atoms with E-state index in [1.165, 1.54) is 22.3 Å². The summed E-state index contributed by atoms with van der Waals surface area (Å²) in [5.41, 5.74) is 5.04. The molecule has 2 aromatic carbocycles. The molecule has 102 valence electrons. The van der Waals surface area contributed by atoms with Crippen LogP contribution in [0.3, 0.4) is 0 Å². The van der Waals surface area contributed by atoms with Crippen LogP contribution in [-0.4, -0.2) is 12.6 Å². The fourth-order valence-corrected chi connectivity index (χ4v) is 2.73. The fraction of sp³-hybridized carbons (Fsp3) is 0.278. The van der Waals surface area contributed by atoms with Crippen molar-refractivity contribution in [3.63, 3.8) is 0 Å². The van der Waals surface area contributed by atoms with E-state index in [0.29, 0.717) is 18.9 Å². The van der Waals surface area contributed by atoms with Gasteiger partial charge in [-0.1, -0.05) is 48.5 Å². The molecule has 2 nitrogen and oxygen atoms in total. The molecule has 0 aliphatic carbocycles. The lowest BCUT2D eigenvalue weighted by atomic mass is 9.89. The topological polar surface area (TPSA) is 26.3 Å². The molecule has 20 heavy (non-hydrogen) atoms. The standard InChI is InChI=1S/C18H18O2/c1-13-7-8-15(16-9-10-18(19)20-12-16)11-17(13)14-5-3-2-4-6-14/h2-8,11,16H,9-10,12H2,1H3/t16-/m1/s1. The van der Waals surface area contributed by atoms with E-state index in [1.807, 2.05) is 6.07 Å². The number of aryl methyl sites for hydroxylation is 1. The van der Waals surface area contributed by atoms with Crippen LogP contribution >= 0.6 is 0 Å². The SMILES string of the molecule is Cc1ccc([C@@H]2CCC(=O)OC2)cc1-c1ccccc1. The average molecular weight is 266 g/mol. The lowest BCUT2D eigenvalue weighted by Crippen LogP contribution is -2.20. The van der Waals surface area contributed by atoms with Crippen molar-refractivity contribution in [2.45, 2.75) is 25.7 Å². The molecule has 1 aliphatic heterocycles. The number of hydrogen-bond donors (Lipinski definition) is 0. The quantitative estimate of drug-likeness (QED) is 0.765. The minimum absolute atomic E-state index is 0.0726. The Bertz CT molecular complexity index is 607. The van der Waals surface area contributed by atoms with Gasteiger partial charge in [-0.05, 0) is 35.6 Å². The van der Waals surface area contributed by atoms with Crippen LogP contribution in [0.5, 0.6) is 0 Å². The Hall–Kier alpha value is -2.09. The van der Waals surface area contributed by atoms with Gasteiger partial charge in [-0.15, -0.1) is 0 Å². The van der Waals surface area contributed by atoms with E-state index >= 15 is 0 Å². The lowest BCUT2D eigenvalue weighted by molar-refractivity contribution is -0.147. The molecule has 3 rings (SSSR count). The van der Waals surface area contributed by atoms with Crippen LogP contribution in [0.15, 0.2) is 48.5 Å². The Morgan fingerprint density at radius 2 is 1.90 bits per heavy atom. The number of carbonyl (C=O) groups excluding carboxylic acids is 1. The molecule has 2 aromatic rings. The number of ether oxygens (including phenoxy) is 1. The summed E-state index contributed by atoms with van der Waals surface area (Å²) in [6, 6.07) is 17.0. The molecule has 0 spiro atoms. The molecule has 0 radical (unpaired) electrons. The van der Waals surface area contributed by atoms with Crippen molar-refractivity contribution in [1.82, 2.24) is 0 Å². The average Bonchev–Trinajstić information content (AvgIpc) is 2.50. The van der Waals surface area contributed by atoms with Gasteiger partial charge in [-0.25, -0.2) is 0 Å². The van der Waals surface area contributed by atoms with Crippen LogP contribution in [0.2, 0.25) is 0 Å². The van der Waals surface area contributed by atoms with E-state index in [0.717, 1.165) is 6.42 Å². The maximum Gasteiger partial charge on any atom is 0.305 e. The van der Waals surface area contributed by atoms with E-state index in [1.54, 1.807) is 0 Å². The lowest BCUT2D eigenvalue weighted by Gasteiger charge is -2.23. The number of hydrogen-bond acceptors (Lipinski definition) is 2. The second kappa shape index (κ2) is 5.49. The molecule has 0 bridgehead atoms. The predicted octanol–water partition coefficient (Wildman–Crippen LogP) is 4.08. The molecule has 2 heteroatoms. The highest BCUT2D eigenvalue weighted by molar-refractivity contribution is 5.71. The summed E-state index contributed by atoms with van der Waals surface area (Å²) in [6.45, 7) is 2.64. The number of esters is 1. The third-order valence-electron chi connectivity index (χ3n) is 3.96. The third-order valence-corrected chi connectivity index (χ3v) is 3.96. The summed E-state index contributed by atoms with van der Waals surface area (Å²) in [4.78, 5) is 11.2. The number of rotatable bonds is 2. The van der Waals surface area contributed by atoms with Crippen molar-refractivity contribution in [3.8, 4) is 11.1 Å². The van der Waals surface area contributed by atoms with Gasteiger partial charge in [0.1, 0.15) is 0 Å². The van der Waals surface area contributed by atoms with Crippen LogP contribution in [0, 0.1) is 6.92 Å². The van der Waals surface area contributed by atoms with E-state index in [9.17, 15) is 4.79 Å². The van der Waals surface area contributed by atoms with Gasteiger partial charge in [0.2, 0.25) is 0 Å². The molecule has 1 aliphatic rings. The van der Waals surface area contributed by atoms with Crippen molar-refractivity contribution in [1.29, 1.82) is 0 Å². The Morgan fingerprint density at radius 3 is 2.60 bits per heavy atom. The molecule has 0 amide bonds. The van der Waals surface area contributed by atoms with Crippen LogP contribution in [0.4, 0.5) is 0 Å². The van der Waals surface area contributed by atoms with E-state index in [4.69, 9.17) is 4.74 Å². The largest absolute Gasteiger partial charge is 0.465 e. The zero-order valence-corrected chi connectivity index (χ0v) is 11.6. The summed E-state index contributed by atoms with van der Waals surface area (Å²) < 4.78 is 5.18. The highest BCUT2D eigenvalue weighted by atomic mass is 16.5. The zero-order chi connectivity index (χ0) is 13.9. The van der Waals surface area contributed by atoms with Crippen LogP contribution < -0.4 is 0 Å². The minimum Gasteiger partial charge on any atom is -0.465 e. The molecule has 0 unspecified atom stereocenters. The molecule has 1 fully saturated rings. The molecule has 0 N–H and O–H groups in total. The third kappa shape index (κ3) is 2.60. The maximum atomic E-state index is 11.2. The fourth-order valence-electron chi connectivity index (χ4n) is 2.73. The predicted molar refractivity (Wildman–Crippen MR) is 79.5 cm³/mol. The van der Waals surface area contributed by atoms with E-state index in [-0.39, 0.29) is 5.97 Å². The second-order valence-corrected chi connectivity index (χ2v) is 5.36. The van der Waals surface area contributed by atoms with Gasteiger partial charge < -0.3 is 4.74 Å². The zero-order valence-electron chi connectivity index (χ0n) is 11.6. The van der Waals surface area contributed by atoms with Gasteiger partial charge in [0, 0.05) is 12.3 Å². The molecule has 1 atom stereocenters. The van der Waals surface area contributed by atoms with Gasteiger partial charge in [0.15, 0.2) is 0 Å².